The second-order valence-corrected chi connectivity index (χ2v) is 7.36. The zero-order valence-electron chi connectivity index (χ0n) is 14.5. The number of hydrogen-bond acceptors (Lipinski definition) is 3. The van der Waals surface area contributed by atoms with E-state index in [2.05, 4.69) is 43.9 Å². The van der Waals surface area contributed by atoms with Crippen LogP contribution in [0.25, 0.3) is 5.57 Å². The van der Waals surface area contributed by atoms with E-state index >= 15 is 0 Å². The summed E-state index contributed by atoms with van der Waals surface area (Å²) in [6.45, 7) is 8.72. The molecule has 3 nitrogen and oxygen atoms in total. The molecule has 3 heteroatoms. The number of aliphatic hydroxyl groups is 1. The molecule has 4 rings (SSSR count). The van der Waals surface area contributed by atoms with E-state index in [1.54, 1.807) is 0 Å². The van der Waals surface area contributed by atoms with Crippen LogP contribution in [0.2, 0.25) is 0 Å². The van der Waals surface area contributed by atoms with Gasteiger partial charge in [0.2, 0.25) is 0 Å². The molecule has 2 aliphatic rings. The largest absolute Gasteiger partial charge is 0.398 e. The van der Waals surface area contributed by atoms with Crippen LogP contribution in [-0.2, 0) is 17.6 Å². The third kappa shape index (κ3) is 1.54. The van der Waals surface area contributed by atoms with Gasteiger partial charge in [0.25, 0.3) is 0 Å². The van der Waals surface area contributed by atoms with Crippen molar-refractivity contribution in [2.75, 3.05) is 12.8 Å². The molecule has 0 saturated carbocycles. The summed E-state index contributed by atoms with van der Waals surface area (Å²) < 4.78 is 0. The maximum Gasteiger partial charge on any atom is 0.121 e. The van der Waals surface area contributed by atoms with Crippen LogP contribution in [0.4, 0.5) is 5.69 Å². The Hall–Kier alpha value is -2.10. The van der Waals surface area contributed by atoms with Gasteiger partial charge in [-0.1, -0.05) is 50.8 Å². The number of nitrogens with two attached hydrogens (primary N) is 1. The number of likely N-dealkylation sites (N-methyl/N-ethyl adjacent to an activating group) is 1. The lowest BCUT2D eigenvalue weighted by Crippen LogP contribution is -2.51. The minimum Gasteiger partial charge on any atom is -0.398 e. The Labute approximate surface area is 143 Å². The van der Waals surface area contributed by atoms with E-state index in [-0.39, 0.29) is 0 Å². The standard InChI is InChI=1S/C21H24N2O/c1-12(2)14-8-9-16-15(10-14)11-20(24)17-6-5-7-18(22)19(17)13(3)21(16,20)23-4/h5-10,12,23-24H,3,11,22H2,1-2,4H3. The first kappa shape index (κ1) is 15.4. The predicted octanol–water partition coefficient (Wildman–Crippen LogP) is 3.28. The van der Waals surface area contributed by atoms with E-state index in [1.165, 1.54) is 11.1 Å². The van der Waals surface area contributed by atoms with Crippen molar-refractivity contribution < 1.29 is 5.11 Å². The van der Waals surface area contributed by atoms with Crippen molar-refractivity contribution in [2.45, 2.75) is 37.3 Å². The van der Waals surface area contributed by atoms with Crippen molar-refractivity contribution in [3.8, 4) is 0 Å². The van der Waals surface area contributed by atoms with Gasteiger partial charge in [0.15, 0.2) is 0 Å². The Morgan fingerprint density at radius 2 is 1.96 bits per heavy atom. The van der Waals surface area contributed by atoms with Crippen LogP contribution in [0.5, 0.6) is 0 Å². The molecule has 0 fully saturated rings. The highest BCUT2D eigenvalue weighted by atomic mass is 16.3. The summed E-state index contributed by atoms with van der Waals surface area (Å²) in [5.74, 6) is 0.460. The molecule has 0 aliphatic heterocycles. The number of benzene rings is 2. The fraction of sp³-hybridized carbons (Fsp3) is 0.333. The highest BCUT2D eigenvalue weighted by Gasteiger charge is 2.64. The highest BCUT2D eigenvalue weighted by molar-refractivity contribution is 5.90. The zero-order valence-corrected chi connectivity index (χ0v) is 14.5. The number of nitrogen functional groups attached to an aromatic ring is 1. The average Bonchev–Trinajstić information content (AvgIpc) is 2.92. The van der Waals surface area contributed by atoms with E-state index < -0.39 is 11.1 Å². The van der Waals surface area contributed by atoms with Crippen molar-refractivity contribution in [3.63, 3.8) is 0 Å². The average molecular weight is 320 g/mol. The van der Waals surface area contributed by atoms with Gasteiger partial charge in [-0.25, -0.2) is 0 Å². The smallest absolute Gasteiger partial charge is 0.121 e. The Bertz CT molecular complexity index is 870. The van der Waals surface area contributed by atoms with Gasteiger partial charge in [0.1, 0.15) is 11.1 Å². The molecule has 0 spiro atoms. The molecule has 0 heterocycles. The molecule has 0 aromatic heterocycles. The Morgan fingerprint density at radius 3 is 2.62 bits per heavy atom. The second kappa shape index (κ2) is 4.71. The van der Waals surface area contributed by atoms with Crippen molar-refractivity contribution in [1.82, 2.24) is 5.32 Å². The summed E-state index contributed by atoms with van der Waals surface area (Å²) in [5.41, 5.74) is 11.4. The highest BCUT2D eigenvalue weighted by Crippen LogP contribution is 2.63. The maximum absolute atomic E-state index is 11.8. The third-order valence-corrected chi connectivity index (χ3v) is 5.94. The first-order valence-corrected chi connectivity index (χ1v) is 8.50. The summed E-state index contributed by atoms with van der Waals surface area (Å²) in [4.78, 5) is 0. The monoisotopic (exact) mass is 320 g/mol. The molecule has 4 N–H and O–H groups in total. The first-order chi connectivity index (χ1) is 11.4. The van der Waals surface area contributed by atoms with E-state index in [4.69, 9.17) is 5.73 Å². The zero-order chi connectivity index (χ0) is 17.3. The lowest BCUT2D eigenvalue weighted by Gasteiger charge is -2.38. The molecule has 24 heavy (non-hydrogen) atoms. The normalized spacial score (nSPS) is 27.3. The Morgan fingerprint density at radius 1 is 1.21 bits per heavy atom. The number of hydrogen-bond donors (Lipinski definition) is 3. The Balaban J connectivity index is 2.01. The molecule has 2 aliphatic carbocycles. The topological polar surface area (TPSA) is 58.3 Å². The summed E-state index contributed by atoms with van der Waals surface area (Å²) in [5, 5.41) is 15.2. The number of nitrogens with one attached hydrogen (secondary N) is 1. The molecule has 124 valence electrons. The van der Waals surface area contributed by atoms with Crippen LogP contribution in [-0.4, -0.2) is 12.2 Å². The van der Waals surface area contributed by atoms with Gasteiger partial charge in [0, 0.05) is 17.7 Å². The van der Waals surface area contributed by atoms with Crippen LogP contribution < -0.4 is 11.1 Å². The lowest BCUT2D eigenvalue weighted by atomic mass is 9.78. The molecule has 0 radical (unpaired) electrons. The van der Waals surface area contributed by atoms with Gasteiger partial charge in [0.05, 0.1) is 0 Å². The fourth-order valence-electron chi connectivity index (χ4n) is 4.76. The molecule has 0 amide bonds. The van der Waals surface area contributed by atoms with E-state index in [1.807, 2.05) is 25.2 Å². The number of rotatable bonds is 2. The van der Waals surface area contributed by atoms with Crippen LogP contribution in [0, 0.1) is 0 Å². The van der Waals surface area contributed by atoms with Gasteiger partial charge in [-0.05, 0) is 46.9 Å². The molecule has 2 unspecified atom stereocenters. The molecule has 0 saturated heterocycles. The second-order valence-electron chi connectivity index (χ2n) is 7.36. The minimum absolute atomic E-state index is 0.460. The SMILES string of the molecule is C=C1c2c(N)cccc2C2(O)Cc3cc(C(C)C)ccc3C12NC. The molecular weight excluding hydrogens is 296 g/mol. The summed E-state index contributed by atoms with van der Waals surface area (Å²) in [6, 6.07) is 12.3. The minimum atomic E-state index is -1.05. The van der Waals surface area contributed by atoms with E-state index in [0.29, 0.717) is 18.0 Å². The van der Waals surface area contributed by atoms with Crippen LogP contribution in [0.1, 0.15) is 47.6 Å². The molecule has 2 aromatic rings. The van der Waals surface area contributed by atoms with E-state index in [9.17, 15) is 5.11 Å². The van der Waals surface area contributed by atoms with Crippen LogP contribution in [0.15, 0.2) is 43.0 Å². The number of fused-ring (bicyclic) bond motifs is 5. The van der Waals surface area contributed by atoms with Crippen molar-refractivity contribution in [1.29, 1.82) is 0 Å². The van der Waals surface area contributed by atoms with Crippen LogP contribution in [0.3, 0.4) is 0 Å². The fourth-order valence-corrected chi connectivity index (χ4v) is 4.76. The molecule has 2 atom stereocenters. The lowest BCUT2D eigenvalue weighted by molar-refractivity contribution is -0.0114. The van der Waals surface area contributed by atoms with Gasteiger partial charge in [-0.3, -0.25) is 0 Å². The summed E-state index contributed by atoms with van der Waals surface area (Å²) in [6.07, 6.45) is 0.569. The third-order valence-electron chi connectivity index (χ3n) is 5.94. The van der Waals surface area contributed by atoms with Crippen LogP contribution >= 0.6 is 0 Å². The van der Waals surface area contributed by atoms with Gasteiger partial charge in [-0.15, -0.1) is 0 Å². The summed E-state index contributed by atoms with van der Waals surface area (Å²) in [7, 11) is 1.89. The van der Waals surface area contributed by atoms with Gasteiger partial charge >= 0.3 is 0 Å². The van der Waals surface area contributed by atoms with E-state index in [0.717, 1.165) is 22.3 Å². The van der Waals surface area contributed by atoms with Crippen molar-refractivity contribution in [2.24, 2.45) is 0 Å². The number of anilines is 1. The predicted molar refractivity (Wildman–Crippen MR) is 98.8 cm³/mol. The first-order valence-electron chi connectivity index (χ1n) is 8.50. The van der Waals surface area contributed by atoms with Crippen molar-refractivity contribution >= 4 is 11.3 Å². The molecule has 0 bridgehead atoms. The summed E-state index contributed by atoms with van der Waals surface area (Å²) >= 11 is 0. The quantitative estimate of drug-likeness (QED) is 0.744. The van der Waals surface area contributed by atoms with Gasteiger partial charge < -0.3 is 16.2 Å². The molecule has 2 aromatic carbocycles. The van der Waals surface area contributed by atoms with Gasteiger partial charge in [-0.2, -0.15) is 0 Å². The molecular formula is C21H24N2O. The maximum atomic E-state index is 11.8. The Kier molecular flexibility index (Phi) is 3.03. The van der Waals surface area contributed by atoms with Crippen molar-refractivity contribution in [3.05, 3.63) is 70.8 Å².